The number of amides is 2. The second-order valence-corrected chi connectivity index (χ2v) is 10.0. The first-order valence-electron chi connectivity index (χ1n) is 8.84. The molecule has 1 unspecified atom stereocenters. The van der Waals surface area contributed by atoms with Gasteiger partial charge in [-0.1, -0.05) is 32.0 Å². The molecule has 1 aromatic carbocycles. The van der Waals surface area contributed by atoms with Gasteiger partial charge in [0, 0.05) is 18.8 Å². The van der Waals surface area contributed by atoms with Crippen molar-refractivity contribution >= 4 is 27.3 Å². The lowest BCUT2D eigenvalue weighted by molar-refractivity contribution is -0.146. The number of nitrogens with one attached hydrogen (secondary N) is 1. The molecule has 144 valence electrons. The number of sulfone groups is 1. The van der Waals surface area contributed by atoms with Crippen LogP contribution in [-0.4, -0.2) is 49.7 Å². The number of hydrogen-bond acceptors (Lipinski definition) is 4. The summed E-state index contributed by atoms with van der Waals surface area (Å²) in [6, 6.07) is 7.15. The zero-order valence-electron chi connectivity index (χ0n) is 16.1. The van der Waals surface area contributed by atoms with Crippen molar-refractivity contribution in [1.82, 2.24) is 4.90 Å². The summed E-state index contributed by atoms with van der Waals surface area (Å²) < 4.78 is 23.4. The van der Waals surface area contributed by atoms with Crippen molar-refractivity contribution in [2.45, 2.75) is 46.1 Å². The van der Waals surface area contributed by atoms with Gasteiger partial charge in [-0.3, -0.25) is 9.59 Å². The van der Waals surface area contributed by atoms with E-state index >= 15 is 0 Å². The number of benzene rings is 1. The summed E-state index contributed by atoms with van der Waals surface area (Å²) in [6.45, 7) is 7.22. The van der Waals surface area contributed by atoms with Crippen LogP contribution in [-0.2, 0) is 19.4 Å². The van der Waals surface area contributed by atoms with Crippen LogP contribution in [0.3, 0.4) is 0 Å². The summed E-state index contributed by atoms with van der Waals surface area (Å²) >= 11 is 0. The minimum absolute atomic E-state index is 0.0386. The second kappa shape index (κ2) is 7.39. The highest BCUT2D eigenvalue weighted by Gasteiger charge is 2.42. The van der Waals surface area contributed by atoms with Crippen LogP contribution in [0.4, 0.5) is 5.69 Å². The predicted octanol–water partition coefficient (Wildman–Crippen LogP) is 2.42. The van der Waals surface area contributed by atoms with Gasteiger partial charge in [-0.05, 0) is 37.8 Å². The topological polar surface area (TPSA) is 83.6 Å². The second-order valence-electron chi connectivity index (χ2n) is 7.79. The van der Waals surface area contributed by atoms with Gasteiger partial charge >= 0.3 is 0 Å². The molecular formula is C19H28N2O4S. The van der Waals surface area contributed by atoms with E-state index in [9.17, 15) is 18.0 Å². The van der Waals surface area contributed by atoms with Gasteiger partial charge in [-0.25, -0.2) is 8.42 Å². The molecule has 1 fully saturated rings. The van der Waals surface area contributed by atoms with E-state index in [0.29, 0.717) is 12.1 Å². The van der Waals surface area contributed by atoms with Gasteiger partial charge in [0.2, 0.25) is 11.8 Å². The maximum absolute atomic E-state index is 12.9. The van der Waals surface area contributed by atoms with Crippen molar-refractivity contribution in [3.8, 4) is 0 Å². The van der Waals surface area contributed by atoms with E-state index in [-0.39, 0.29) is 29.4 Å². The quantitative estimate of drug-likeness (QED) is 0.795. The zero-order chi connectivity index (χ0) is 19.7. The van der Waals surface area contributed by atoms with Crippen molar-refractivity contribution in [3.63, 3.8) is 0 Å². The molecule has 0 aliphatic carbocycles. The number of rotatable bonds is 5. The number of carbonyl (C=O) groups is 2. The number of anilines is 1. The SMILES string of the molecule is CC(C)c1ccccc1NC(=O)C(C)(C)C(=O)N(C)C1CCS(=O)(=O)C1. The molecule has 1 saturated heterocycles. The maximum atomic E-state index is 12.9. The lowest BCUT2D eigenvalue weighted by Gasteiger charge is -2.32. The molecule has 7 heteroatoms. The van der Waals surface area contributed by atoms with Crippen LogP contribution in [0.25, 0.3) is 0 Å². The van der Waals surface area contributed by atoms with Crippen LogP contribution in [0.15, 0.2) is 24.3 Å². The van der Waals surface area contributed by atoms with Crippen LogP contribution in [0.5, 0.6) is 0 Å². The smallest absolute Gasteiger partial charge is 0.239 e. The van der Waals surface area contributed by atoms with E-state index in [2.05, 4.69) is 5.32 Å². The molecule has 1 aliphatic rings. The van der Waals surface area contributed by atoms with Crippen molar-refractivity contribution in [1.29, 1.82) is 0 Å². The number of carbonyl (C=O) groups excluding carboxylic acids is 2. The van der Waals surface area contributed by atoms with Crippen molar-refractivity contribution in [2.24, 2.45) is 5.41 Å². The van der Waals surface area contributed by atoms with Gasteiger partial charge in [0.1, 0.15) is 5.41 Å². The van der Waals surface area contributed by atoms with Gasteiger partial charge < -0.3 is 10.2 Å². The molecule has 1 atom stereocenters. The van der Waals surface area contributed by atoms with Crippen LogP contribution < -0.4 is 5.32 Å². The van der Waals surface area contributed by atoms with E-state index < -0.39 is 21.2 Å². The maximum Gasteiger partial charge on any atom is 0.239 e. The van der Waals surface area contributed by atoms with Crippen LogP contribution in [0, 0.1) is 5.41 Å². The average Bonchev–Trinajstić information content (AvgIpc) is 2.93. The lowest BCUT2D eigenvalue weighted by atomic mass is 9.89. The van der Waals surface area contributed by atoms with E-state index in [0.717, 1.165) is 5.56 Å². The normalized spacial score (nSPS) is 19.4. The molecule has 2 amide bonds. The van der Waals surface area contributed by atoms with Gasteiger partial charge in [0.25, 0.3) is 0 Å². The molecule has 1 aliphatic heterocycles. The van der Waals surface area contributed by atoms with Crippen LogP contribution in [0.1, 0.15) is 45.6 Å². The van der Waals surface area contributed by atoms with Gasteiger partial charge in [-0.15, -0.1) is 0 Å². The Morgan fingerprint density at radius 1 is 1.23 bits per heavy atom. The predicted molar refractivity (Wildman–Crippen MR) is 103 cm³/mol. The van der Waals surface area contributed by atoms with Crippen LogP contribution in [0.2, 0.25) is 0 Å². The molecule has 1 heterocycles. The van der Waals surface area contributed by atoms with E-state index in [1.807, 2.05) is 38.1 Å². The Balaban J connectivity index is 2.16. The highest BCUT2D eigenvalue weighted by Crippen LogP contribution is 2.28. The number of hydrogen-bond donors (Lipinski definition) is 1. The third kappa shape index (κ3) is 4.26. The lowest BCUT2D eigenvalue weighted by Crippen LogP contribution is -2.49. The van der Waals surface area contributed by atoms with E-state index in [1.165, 1.54) is 4.90 Å². The molecule has 26 heavy (non-hydrogen) atoms. The van der Waals surface area contributed by atoms with E-state index in [1.54, 1.807) is 20.9 Å². The summed E-state index contributed by atoms with van der Waals surface area (Å²) in [5, 5.41) is 2.87. The number of nitrogens with zero attached hydrogens (tertiary/aromatic N) is 1. The van der Waals surface area contributed by atoms with Gasteiger partial charge in [0.05, 0.1) is 11.5 Å². The molecule has 0 spiro atoms. The zero-order valence-corrected chi connectivity index (χ0v) is 16.9. The first-order chi connectivity index (χ1) is 12.0. The first kappa shape index (κ1) is 20.4. The molecule has 6 nitrogen and oxygen atoms in total. The summed E-state index contributed by atoms with van der Waals surface area (Å²) in [7, 11) is -1.52. The minimum Gasteiger partial charge on any atom is -0.341 e. The molecule has 0 saturated carbocycles. The highest BCUT2D eigenvalue weighted by molar-refractivity contribution is 7.91. The fourth-order valence-electron chi connectivity index (χ4n) is 3.18. The monoisotopic (exact) mass is 380 g/mol. The molecule has 0 radical (unpaired) electrons. The summed E-state index contributed by atoms with van der Waals surface area (Å²) in [5.41, 5.74) is 0.393. The summed E-state index contributed by atoms with van der Waals surface area (Å²) in [4.78, 5) is 27.1. The Morgan fingerprint density at radius 3 is 2.38 bits per heavy atom. The third-order valence-corrected chi connectivity index (χ3v) is 6.76. The first-order valence-corrected chi connectivity index (χ1v) is 10.7. The van der Waals surface area contributed by atoms with Crippen LogP contribution >= 0.6 is 0 Å². The fourth-order valence-corrected chi connectivity index (χ4v) is 4.95. The average molecular weight is 381 g/mol. The molecular weight excluding hydrogens is 352 g/mol. The largest absolute Gasteiger partial charge is 0.341 e. The summed E-state index contributed by atoms with van der Waals surface area (Å²) in [6.07, 6.45) is 0.415. The minimum atomic E-state index is -3.10. The number of para-hydroxylation sites is 1. The standard InChI is InChI=1S/C19H28N2O4S/c1-13(2)15-8-6-7-9-16(15)20-17(22)19(3,4)18(23)21(5)14-10-11-26(24,25)12-14/h6-9,13-14H,10-12H2,1-5H3,(H,20,22). The fraction of sp³-hybridized carbons (Fsp3) is 0.579. The van der Waals surface area contributed by atoms with Gasteiger partial charge in [-0.2, -0.15) is 0 Å². The van der Waals surface area contributed by atoms with E-state index in [4.69, 9.17) is 0 Å². The Bertz CT molecular complexity index is 800. The Labute approximate surface area is 155 Å². The Hall–Kier alpha value is -1.89. The van der Waals surface area contributed by atoms with Crippen molar-refractivity contribution < 1.29 is 18.0 Å². The molecule has 2 rings (SSSR count). The Morgan fingerprint density at radius 2 is 1.85 bits per heavy atom. The molecule has 0 aromatic heterocycles. The Kier molecular flexibility index (Phi) is 5.80. The molecule has 1 aromatic rings. The molecule has 0 bridgehead atoms. The van der Waals surface area contributed by atoms with Gasteiger partial charge in [0.15, 0.2) is 9.84 Å². The highest BCUT2D eigenvalue weighted by atomic mass is 32.2. The van der Waals surface area contributed by atoms with Crippen molar-refractivity contribution in [3.05, 3.63) is 29.8 Å². The molecule has 1 N–H and O–H groups in total. The third-order valence-electron chi connectivity index (χ3n) is 5.01. The summed E-state index contributed by atoms with van der Waals surface area (Å²) in [5.74, 6) is -0.494. The van der Waals surface area contributed by atoms with Crippen molar-refractivity contribution in [2.75, 3.05) is 23.9 Å².